The Morgan fingerprint density at radius 3 is 2.84 bits per heavy atom. The van der Waals surface area contributed by atoms with E-state index in [0.717, 1.165) is 31.1 Å². The summed E-state index contributed by atoms with van der Waals surface area (Å²) in [5.74, 6) is 0.656. The summed E-state index contributed by atoms with van der Waals surface area (Å²) in [5.41, 5.74) is 1.49. The molecule has 2 heterocycles. The molecule has 134 valence electrons. The molecule has 6 heteroatoms. The Bertz CT molecular complexity index is 807. The number of nitrogens with zero attached hydrogens (tertiary/aromatic N) is 3. The molecule has 1 N–H and O–H groups in total. The third kappa shape index (κ3) is 4.25. The fourth-order valence-corrected chi connectivity index (χ4v) is 3.30. The summed E-state index contributed by atoms with van der Waals surface area (Å²) in [6, 6.07) is 5.52. The number of hydrogen-bond acceptors (Lipinski definition) is 4. The maximum atomic E-state index is 12.5. The first kappa shape index (κ1) is 17.6. The number of carbonyl (C=O) groups excluding carboxylic acids is 1. The summed E-state index contributed by atoms with van der Waals surface area (Å²) in [6.45, 7) is 7.90. The largest absolute Gasteiger partial charge is 0.353 e. The number of aromatic nitrogens is 2. The second kappa shape index (κ2) is 7.78. The summed E-state index contributed by atoms with van der Waals surface area (Å²) in [4.78, 5) is 31.4. The van der Waals surface area contributed by atoms with Gasteiger partial charge in [-0.1, -0.05) is 19.1 Å². The van der Waals surface area contributed by atoms with Crippen molar-refractivity contribution < 1.29 is 4.79 Å². The van der Waals surface area contributed by atoms with Crippen LogP contribution in [0.4, 0.5) is 0 Å². The van der Waals surface area contributed by atoms with Crippen LogP contribution in [0, 0.1) is 12.8 Å². The first-order chi connectivity index (χ1) is 12.0. The predicted molar refractivity (Wildman–Crippen MR) is 98.6 cm³/mol. The van der Waals surface area contributed by atoms with Crippen LogP contribution in [0.3, 0.4) is 0 Å². The molecule has 1 aliphatic rings. The molecule has 0 bridgehead atoms. The first-order valence-corrected chi connectivity index (χ1v) is 8.98. The molecule has 0 atom stereocenters. The van der Waals surface area contributed by atoms with Crippen molar-refractivity contribution in [2.75, 3.05) is 26.2 Å². The predicted octanol–water partition coefficient (Wildman–Crippen LogP) is 1.55. The molecule has 1 fully saturated rings. The van der Waals surface area contributed by atoms with Gasteiger partial charge in [0.05, 0.1) is 17.2 Å². The van der Waals surface area contributed by atoms with Crippen molar-refractivity contribution in [1.82, 2.24) is 19.8 Å². The average molecular weight is 342 g/mol. The number of aryl methyl sites for hydroxylation is 1. The van der Waals surface area contributed by atoms with Gasteiger partial charge in [-0.05, 0) is 50.4 Å². The minimum absolute atomic E-state index is 0.00670. The molecule has 1 saturated heterocycles. The lowest BCUT2D eigenvalue weighted by atomic mass is 9.99. The monoisotopic (exact) mass is 342 g/mol. The SMILES string of the molecule is Cc1cccc2c(=O)n(CC(=O)NCCN3CCC(C)CC3)cnc12. The summed E-state index contributed by atoms with van der Waals surface area (Å²) in [6.07, 6.45) is 3.92. The summed E-state index contributed by atoms with van der Waals surface area (Å²) in [7, 11) is 0. The molecule has 1 aromatic heterocycles. The van der Waals surface area contributed by atoms with Crippen molar-refractivity contribution in [2.24, 2.45) is 5.92 Å². The van der Waals surface area contributed by atoms with Crippen LogP contribution in [-0.2, 0) is 11.3 Å². The molecule has 1 aromatic carbocycles. The topological polar surface area (TPSA) is 67.2 Å². The Labute approximate surface area is 147 Å². The molecule has 0 spiro atoms. The molecule has 0 radical (unpaired) electrons. The van der Waals surface area contributed by atoms with Crippen molar-refractivity contribution in [3.63, 3.8) is 0 Å². The van der Waals surface area contributed by atoms with Gasteiger partial charge in [0.25, 0.3) is 5.56 Å². The molecule has 3 rings (SSSR count). The molecular formula is C19H26N4O2. The van der Waals surface area contributed by atoms with Gasteiger partial charge in [-0.25, -0.2) is 4.98 Å². The van der Waals surface area contributed by atoms with E-state index in [0.29, 0.717) is 17.4 Å². The van der Waals surface area contributed by atoms with Crippen LogP contribution in [0.5, 0.6) is 0 Å². The molecule has 2 aromatic rings. The van der Waals surface area contributed by atoms with E-state index in [-0.39, 0.29) is 18.0 Å². The quantitative estimate of drug-likeness (QED) is 0.895. The Kier molecular flexibility index (Phi) is 5.48. The molecule has 1 amide bonds. The van der Waals surface area contributed by atoms with Crippen molar-refractivity contribution >= 4 is 16.8 Å². The fourth-order valence-electron chi connectivity index (χ4n) is 3.30. The maximum absolute atomic E-state index is 12.5. The number of para-hydroxylation sites is 1. The molecule has 6 nitrogen and oxygen atoms in total. The normalized spacial score (nSPS) is 16.2. The number of carbonyl (C=O) groups is 1. The highest BCUT2D eigenvalue weighted by Gasteiger charge is 2.15. The molecule has 1 aliphatic heterocycles. The summed E-state index contributed by atoms with van der Waals surface area (Å²) >= 11 is 0. The number of piperidine rings is 1. The van der Waals surface area contributed by atoms with Gasteiger partial charge in [0.1, 0.15) is 6.54 Å². The third-order valence-electron chi connectivity index (χ3n) is 5.00. The van der Waals surface area contributed by atoms with Crippen molar-refractivity contribution in [1.29, 1.82) is 0 Å². The van der Waals surface area contributed by atoms with Crippen molar-refractivity contribution in [3.8, 4) is 0 Å². The van der Waals surface area contributed by atoms with Crippen LogP contribution >= 0.6 is 0 Å². The number of nitrogens with one attached hydrogen (secondary N) is 1. The van der Waals surface area contributed by atoms with Gasteiger partial charge in [0.15, 0.2) is 0 Å². The Morgan fingerprint density at radius 1 is 1.32 bits per heavy atom. The minimum Gasteiger partial charge on any atom is -0.353 e. The van der Waals surface area contributed by atoms with E-state index in [1.54, 1.807) is 6.07 Å². The standard InChI is InChI=1S/C19H26N4O2/c1-14-6-9-22(10-7-14)11-8-20-17(24)12-23-13-21-18-15(2)4-3-5-16(18)19(23)25/h3-5,13-14H,6-12H2,1-2H3,(H,20,24). The Morgan fingerprint density at radius 2 is 2.08 bits per heavy atom. The number of rotatable bonds is 5. The van der Waals surface area contributed by atoms with Crippen molar-refractivity contribution in [3.05, 3.63) is 40.4 Å². The van der Waals surface area contributed by atoms with E-state index < -0.39 is 0 Å². The number of hydrogen-bond donors (Lipinski definition) is 1. The molecule has 25 heavy (non-hydrogen) atoms. The highest BCUT2D eigenvalue weighted by atomic mass is 16.2. The zero-order valence-electron chi connectivity index (χ0n) is 15.0. The van der Waals surface area contributed by atoms with Crippen LogP contribution in [0.15, 0.2) is 29.3 Å². The Hall–Kier alpha value is -2.21. The molecule has 0 unspecified atom stereocenters. The fraction of sp³-hybridized carbons (Fsp3) is 0.526. The third-order valence-corrected chi connectivity index (χ3v) is 5.00. The number of amides is 1. The first-order valence-electron chi connectivity index (χ1n) is 8.98. The molecule has 0 saturated carbocycles. The van der Waals surface area contributed by atoms with Gasteiger partial charge in [-0.3, -0.25) is 14.2 Å². The van der Waals surface area contributed by atoms with Crippen molar-refractivity contribution in [2.45, 2.75) is 33.2 Å². The lowest BCUT2D eigenvalue weighted by molar-refractivity contribution is -0.121. The van der Waals surface area contributed by atoms with Gasteiger partial charge >= 0.3 is 0 Å². The van der Waals surface area contributed by atoms with Crippen LogP contribution in [0.1, 0.15) is 25.3 Å². The number of benzene rings is 1. The van der Waals surface area contributed by atoms with E-state index in [9.17, 15) is 9.59 Å². The van der Waals surface area contributed by atoms with Crippen LogP contribution in [0.25, 0.3) is 10.9 Å². The second-order valence-corrected chi connectivity index (χ2v) is 7.02. The molecule has 0 aliphatic carbocycles. The van der Waals surface area contributed by atoms with E-state index in [4.69, 9.17) is 0 Å². The second-order valence-electron chi connectivity index (χ2n) is 7.02. The summed E-state index contributed by atoms with van der Waals surface area (Å²) < 4.78 is 1.37. The van der Waals surface area contributed by atoms with Gasteiger partial charge in [-0.15, -0.1) is 0 Å². The highest BCUT2D eigenvalue weighted by Crippen LogP contribution is 2.15. The summed E-state index contributed by atoms with van der Waals surface area (Å²) in [5, 5.41) is 3.46. The van der Waals surface area contributed by atoms with Gasteiger partial charge in [0, 0.05) is 13.1 Å². The zero-order valence-corrected chi connectivity index (χ0v) is 15.0. The van der Waals surface area contributed by atoms with E-state index in [1.165, 1.54) is 23.7 Å². The van der Waals surface area contributed by atoms with Gasteiger partial charge in [0.2, 0.25) is 5.91 Å². The van der Waals surface area contributed by atoms with Crippen LogP contribution < -0.4 is 10.9 Å². The lowest BCUT2D eigenvalue weighted by Crippen LogP contribution is -2.40. The zero-order chi connectivity index (χ0) is 17.8. The van der Waals surface area contributed by atoms with E-state index in [1.807, 2.05) is 19.1 Å². The lowest BCUT2D eigenvalue weighted by Gasteiger charge is -2.30. The highest BCUT2D eigenvalue weighted by molar-refractivity contribution is 5.81. The van der Waals surface area contributed by atoms with Crippen LogP contribution in [-0.4, -0.2) is 46.5 Å². The van der Waals surface area contributed by atoms with E-state index in [2.05, 4.69) is 22.1 Å². The van der Waals surface area contributed by atoms with Gasteiger partial charge < -0.3 is 10.2 Å². The van der Waals surface area contributed by atoms with Crippen LogP contribution in [0.2, 0.25) is 0 Å². The van der Waals surface area contributed by atoms with E-state index >= 15 is 0 Å². The van der Waals surface area contributed by atoms with Gasteiger partial charge in [-0.2, -0.15) is 0 Å². The minimum atomic E-state index is -0.172. The maximum Gasteiger partial charge on any atom is 0.261 e. The molecular weight excluding hydrogens is 316 g/mol. The number of likely N-dealkylation sites (tertiary alicyclic amines) is 1. The number of fused-ring (bicyclic) bond motifs is 1. The Balaban J connectivity index is 1.55. The smallest absolute Gasteiger partial charge is 0.261 e. The average Bonchev–Trinajstić information content (AvgIpc) is 2.60.